The number of allylic oxidation sites excluding steroid dienone is 6. The molecular weight excluding hydrogens is 480 g/mol. The molecule has 0 aromatic heterocycles. The van der Waals surface area contributed by atoms with Gasteiger partial charge in [0.15, 0.2) is 11.6 Å². The molecule has 2 aliphatic carbocycles. The van der Waals surface area contributed by atoms with E-state index in [0.29, 0.717) is 11.6 Å². The monoisotopic (exact) mass is 512 g/mol. The number of Topliss-reactive ketones (excluding diaryl/α,β-unsaturated/α-hetero) is 2. The van der Waals surface area contributed by atoms with Gasteiger partial charge in [-0.2, -0.15) is 0 Å². The number of rotatable bonds is 2. The fraction of sp³-hybridized carbons (Fsp3) is 0.312. The van der Waals surface area contributed by atoms with Gasteiger partial charge < -0.3 is 0 Å². The van der Waals surface area contributed by atoms with E-state index in [1.807, 2.05) is 13.0 Å². The standard InChI is InChI=1S/C17H18OS.C15H14OS/c1-3-11-9-12(4-2)17-14(16(11)18)10-13-7-5-6-8-15(13)19-17;1-9-7-10(2)15-12(14(9)16)8-11-5-3-4-6-13(11)17-15/h5-9,11H,3-4,10H2,1-2H3;3-7,9H,8H2,1-2H3. The van der Waals surface area contributed by atoms with Gasteiger partial charge >= 0.3 is 0 Å². The van der Waals surface area contributed by atoms with Crippen LogP contribution in [0.3, 0.4) is 0 Å². The molecule has 2 aliphatic heterocycles. The maximum Gasteiger partial charge on any atom is 0.167 e. The Hall–Kier alpha value is -2.56. The van der Waals surface area contributed by atoms with Gasteiger partial charge in [-0.25, -0.2) is 0 Å². The molecule has 0 saturated carbocycles. The van der Waals surface area contributed by atoms with Gasteiger partial charge in [0.25, 0.3) is 0 Å². The summed E-state index contributed by atoms with van der Waals surface area (Å²) in [5.74, 6) is 0.781. The fourth-order valence-electron chi connectivity index (χ4n) is 5.36. The lowest BCUT2D eigenvalue weighted by atomic mass is 9.83. The second kappa shape index (κ2) is 10.4. The number of hydrogen-bond acceptors (Lipinski definition) is 4. The summed E-state index contributed by atoms with van der Waals surface area (Å²) in [6.07, 6.45) is 7.81. The van der Waals surface area contributed by atoms with Crippen molar-refractivity contribution in [1.82, 2.24) is 0 Å². The molecule has 0 amide bonds. The summed E-state index contributed by atoms with van der Waals surface area (Å²) in [6.45, 7) is 8.38. The van der Waals surface area contributed by atoms with Crippen LogP contribution < -0.4 is 0 Å². The van der Waals surface area contributed by atoms with Gasteiger partial charge in [0.1, 0.15) is 0 Å². The van der Waals surface area contributed by atoms with Crippen molar-refractivity contribution >= 4 is 35.1 Å². The molecule has 2 aromatic rings. The maximum atomic E-state index is 12.5. The van der Waals surface area contributed by atoms with E-state index in [1.54, 1.807) is 23.5 Å². The minimum atomic E-state index is 0.0413. The van der Waals surface area contributed by atoms with Gasteiger partial charge in [-0.05, 0) is 54.2 Å². The third-order valence-corrected chi connectivity index (χ3v) is 10.1. The summed E-state index contributed by atoms with van der Waals surface area (Å²) in [7, 11) is 0. The normalized spacial score (nSPS) is 22.4. The molecule has 0 saturated heterocycles. The predicted octanol–water partition coefficient (Wildman–Crippen LogP) is 8.29. The minimum Gasteiger partial charge on any atom is -0.294 e. The Morgan fingerprint density at radius 3 is 1.92 bits per heavy atom. The number of carbonyl (C=O) groups excluding carboxylic acids is 2. The van der Waals surface area contributed by atoms with Crippen molar-refractivity contribution in [3.63, 3.8) is 0 Å². The quantitative estimate of drug-likeness (QED) is 0.405. The molecule has 36 heavy (non-hydrogen) atoms. The van der Waals surface area contributed by atoms with Gasteiger partial charge in [0, 0.05) is 55.4 Å². The molecule has 2 aromatic carbocycles. The first-order valence-electron chi connectivity index (χ1n) is 12.9. The molecule has 6 rings (SSSR count). The van der Waals surface area contributed by atoms with Crippen molar-refractivity contribution in [2.75, 3.05) is 0 Å². The Bertz CT molecular complexity index is 1370. The summed E-state index contributed by atoms with van der Waals surface area (Å²) in [5, 5.41) is 0. The highest BCUT2D eigenvalue weighted by Crippen LogP contribution is 2.47. The van der Waals surface area contributed by atoms with E-state index < -0.39 is 0 Å². The maximum absolute atomic E-state index is 12.5. The van der Waals surface area contributed by atoms with Crippen LogP contribution in [0.2, 0.25) is 0 Å². The Balaban J connectivity index is 0.000000149. The second-order valence-corrected chi connectivity index (χ2v) is 11.9. The van der Waals surface area contributed by atoms with Crippen molar-refractivity contribution in [3.05, 3.63) is 104 Å². The summed E-state index contributed by atoms with van der Waals surface area (Å²) in [6, 6.07) is 16.8. The average Bonchev–Trinajstić information content (AvgIpc) is 2.91. The highest BCUT2D eigenvalue weighted by atomic mass is 32.2. The van der Waals surface area contributed by atoms with Crippen molar-refractivity contribution in [1.29, 1.82) is 0 Å². The lowest BCUT2D eigenvalue weighted by Gasteiger charge is -2.29. The average molecular weight is 513 g/mol. The largest absolute Gasteiger partial charge is 0.294 e. The Labute approximate surface area is 223 Å². The van der Waals surface area contributed by atoms with Gasteiger partial charge in [-0.3, -0.25) is 9.59 Å². The van der Waals surface area contributed by atoms with Crippen LogP contribution in [0.15, 0.2) is 103 Å². The molecule has 4 aliphatic rings. The lowest BCUT2D eigenvalue weighted by Crippen LogP contribution is -2.23. The lowest BCUT2D eigenvalue weighted by molar-refractivity contribution is -0.118. The van der Waals surface area contributed by atoms with Crippen LogP contribution in [-0.4, -0.2) is 11.6 Å². The SMILES string of the molecule is CC1=CC(C)C(=O)C2=C1Sc1ccccc1C2.CCC1=CC(CC)C(=O)C2=C1Sc1ccccc1C2. The number of carbonyl (C=O) groups is 2. The van der Waals surface area contributed by atoms with Gasteiger partial charge in [0.05, 0.1) is 0 Å². The van der Waals surface area contributed by atoms with E-state index in [0.717, 1.165) is 36.8 Å². The molecule has 0 N–H and O–H groups in total. The summed E-state index contributed by atoms with van der Waals surface area (Å²) in [5.41, 5.74) is 7.27. The molecule has 0 spiro atoms. The molecule has 0 bridgehead atoms. The highest BCUT2D eigenvalue weighted by molar-refractivity contribution is 8.03. The van der Waals surface area contributed by atoms with Crippen LogP contribution in [0, 0.1) is 11.8 Å². The van der Waals surface area contributed by atoms with Crippen molar-refractivity contribution < 1.29 is 9.59 Å². The number of ketones is 2. The third-order valence-electron chi connectivity index (χ3n) is 7.37. The summed E-state index contributed by atoms with van der Waals surface area (Å²) in [4.78, 5) is 29.8. The van der Waals surface area contributed by atoms with Crippen LogP contribution in [0.5, 0.6) is 0 Å². The van der Waals surface area contributed by atoms with Crippen molar-refractivity contribution in [2.24, 2.45) is 11.8 Å². The summed E-state index contributed by atoms with van der Waals surface area (Å²) < 4.78 is 0. The second-order valence-electron chi connectivity index (χ2n) is 9.82. The number of hydrogen-bond donors (Lipinski definition) is 0. The Kier molecular flexibility index (Phi) is 7.28. The van der Waals surface area contributed by atoms with E-state index in [-0.39, 0.29) is 11.8 Å². The zero-order chi connectivity index (χ0) is 25.4. The first-order chi connectivity index (χ1) is 17.4. The van der Waals surface area contributed by atoms with Crippen LogP contribution in [0.4, 0.5) is 0 Å². The van der Waals surface area contributed by atoms with Gasteiger partial charge in [0.2, 0.25) is 0 Å². The minimum absolute atomic E-state index is 0.0413. The molecule has 2 heterocycles. The number of fused-ring (bicyclic) bond motifs is 2. The zero-order valence-electron chi connectivity index (χ0n) is 21.4. The number of benzene rings is 2. The number of thioether (sulfide) groups is 2. The van der Waals surface area contributed by atoms with E-state index in [9.17, 15) is 9.59 Å². The highest BCUT2D eigenvalue weighted by Gasteiger charge is 2.32. The molecule has 0 radical (unpaired) electrons. The van der Waals surface area contributed by atoms with Gasteiger partial charge in [-0.15, -0.1) is 0 Å². The van der Waals surface area contributed by atoms with Crippen LogP contribution in [0.1, 0.15) is 51.7 Å². The van der Waals surface area contributed by atoms with E-state index in [1.165, 1.54) is 41.9 Å². The zero-order valence-corrected chi connectivity index (χ0v) is 23.0. The molecule has 2 unspecified atom stereocenters. The Morgan fingerprint density at radius 1 is 0.778 bits per heavy atom. The molecule has 2 atom stereocenters. The van der Waals surface area contributed by atoms with Crippen LogP contribution in [-0.2, 0) is 22.4 Å². The van der Waals surface area contributed by atoms with Crippen LogP contribution in [0.25, 0.3) is 0 Å². The molecule has 0 fully saturated rings. The first kappa shape index (κ1) is 25.1. The molecule has 2 nitrogen and oxygen atoms in total. The summed E-state index contributed by atoms with van der Waals surface area (Å²) >= 11 is 3.53. The third kappa shape index (κ3) is 4.62. The smallest absolute Gasteiger partial charge is 0.167 e. The predicted molar refractivity (Wildman–Crippen MR) is 151 cm³/mol. The fourth-order valence-corrected chi connectivity index (χ4v) is 7.80. The molecule has 4 heteroatoms. The first-order valence-corrected chi connectivity index (χ1v) is 14.5. The van der Waals surface area contributed by atoms with Crippen molar-refractivity contribution in [3.8, 4) is 0 Å². The van der Waals surface area contributed by atoms with E-state index >= 15 is 0 Å². The molecular formula is C32H32O2S2. The van der Waals surface area contributed by atoms with E-state index in [2.05, 4.69) is 75.4 Å². The van der Waals surface area contributed by atoms with Crippen LogP contribution >= 0.6 is 23.5 Å². The van der Waals surface area contributed by atoms with Crippen molar-refractivity contribution in [2.45, 2.75) is 63.2 Å². The topological polar surface area (TPSA) is 34.1 Å². The Morgan fingerprint density at radius 2 is 1.33 bits per heavy atom. The van der Waals surface area contributed by atoms with Gasteiger partial charge in [-0.1, -0.05) is 92.8 Å². The molecule has 184 valence electrons. The van der Waals surface area contributed by atoms with E-state index in [4.69, 9.17) is 0 Å².